The summed E-state index contributed by atoms with van der Waals surface area (Å²) in [5.41, 5.74) is 0.493. The summed E-state index contributed by atoms with van der Waals surface area (Å²) in [5.74, 6) is -1.18. The smallest absolute Gasteiger partial charge is 0.321 e. The molecule has 26 heavy (non-hydrogen) atoms. The lowest BCUT2D eigenvalue weighted by Crippen LogP contribution is -2.42. The minimum Gasteiger partial charge on any atom is -0.447 e. The summed E-state index contributed by atoms with van der Waals surface area (Å²) in [6.07, 6.45) is -1.19. The molecule has 136 valence electrons. The monoisotopic (exact) mass is 372 g/mol. The van der Waals surface area contributed by atoms with E-state index in [4.69, 9.17) is 4.74 Å². The molecule has 0 aromatic heterocycles. The largest absolute Gasteiger partial charge is 0.447 e. The van der Waals surface area contributed by atoms with Crippen LogP contribution in [-0.2, 0) is 14.3 Å². The number of thioether (sulfide) groups is 1. The van der Waals surface area contributed by atoms with E-state index in [1.54, 1.807) is 37.3 Å². The molecule has 0 radical (unpaired) electrons. The second-order valence-corrected chi connectivity index (χ2v) is 6.28. The molecular weight excluding hydrogens is 352 g/mol. The molecule has 0 fully saturated rings. The minimum absolute atomic E-state index is 0.0573. The van der Waals surface area contributed by atoms with Crippen molar-refractivity contribution < 1.29 is 19.1 Å². The van der Waals surface area contributed by atoms with Gasteiger partial charge in [0.15, 0.2) is 0 Å². The number of hydrogen-bond acceptors (Lipinski definition) is 5. The lowest BCUT2D eigenvalue weighted by molar-refractivity contribution is -0.153. The molecule has 0 aliphatic carbocycles. The second kappa shape index (κ2) is 10.2. The van der Waals surface area contributed by atoms with Crippen molar-refractivity contribution in [1.29, 1.82) is 0 Å². The van der Waals surface area contributed by atoms with Crippen LogP contribution in [0.15, 0.2) is 65.6 Å². The zero-order valence-electron chi connectivity index (χ0n) is 14.3. The Bertz CT molecular complexity index is 738. The molecule has 1 atom stereocenters. The Balaban J connectivity index is 2.02. The van der Waals surface area contributed by atoms with Gasteiger partial charge in [-0.15, -0.1) is 11.8 Å². The van der Waals surface area contributed by atoms with Gasteiger partial charge in [-0.25, -0.2) is 4.79 Å². The molecule has 3 amide bonds. The fraction of sp³-hybridized carbons (Fsp3) is 0.211. The van der Waals surface area contributed by atoms with Gasteiger partial charge in [0.2, 0.25) is 6.10 Å². The topological polar surface area (TPSA) is 84.5 Å². The third-order valence-electron chi connectivity index (χ3n) is 3.26. The zero-order valence-corrected chi connectivity index (χ0v) is 15.1. The number of carbonyl (C=O) groups is 3. The number of ether oxygens (including phenoxy) is 1. The number of imide groups is 1. The van der Waals surface area contributed by atoms with Crippen LogP contribution in [0.25, 0.3) is 0 Å². The van der Waals surface area contributed by atoms with Crippen LogP contribution >= 0.6 is 11.8 Å². The summed E-state index contributed by atoms with van der Waals surface area (Å²) in [6, 6.07) is 17.4. The molecule has 0 saturated heterocycles. The summed E-state index contributed by atoms with van der Waals surface area (Å²) >= 11 is 1.31. The van der Waals surface area contributed by atoms with Gasteiger partial charge in [0.25, 0.3) is 5.91 Å². The Morgan fingerprint density at radius 1 is 1.00 bits per heavy atom. The van der Waals surface area contributed by atoms with E-state index in [0.29, 0.717) is 12.1 Å². The molecular formula is C19H20N2O4S. The lowest BCUT2D eigenvalue weighted by atomic mass is 10.1. The number of rotatable bonds is 7. The van der Waals surface area contributed by atoms with Crippen LogP contribution < -0.4 is 10.6 Å². The summed E-state index contributed by atoms with van der Waals surface area (Å²) in [5, 5.41) is 4.65. The Hall–Kier alpha value is -2.80. The average molecular weight is 372 g/mol. The normalized spacial score (nSPS) is 11.3. The molecule has 0 aliphatic rings. The van der Waals surface area contributed by atoms with E-state index in [9.17, 15) is 14.4 Å². The number of carbonyl (C=O) groups excluding carboxylic acids is 3. The first kappa shape index (κ1) is 19.5. The highest BCUT2D eigenvalue weighted by Gasteiger charge is 2.26. The summed E-state index contributed by atoms with van der Waals surface area (Å²) in [7, 11) is 0. The highest BCUT2D eigenvalue weighted by atomic mass is 32.2. The average Bonchev–Trinajstić information content (AvgIpc) is 2.66. The third kappa shape index (κ3) is 6.25. The first-order valence-corrected chi connectivity index (χ1v) is 9.09. The summed E-state index contributed by atoms with van der Waals surface area (Å²) in [6.45, 7) is 2.11. The van der Waals surface area contributed by atoms with E-state index < -0.39 is 24.0 Å². The highest BCUT2D eigenvalue weighted by molar-refractivity contribution is 8.00. The first-order chi connectivity index (χ1) is 12.6. The maximum atomic E-state index is 12.4. The predicted molar refractivity (Wildman–Crippen MR) is 99.7 cm³/mol. The van der Waals surface area contributed by atoms with Gasteiger partial charge in [0, 0.05) is 17.0 Å². The number of urea groups is 1. The van der Waals surface area contributed by atoms with Crippen LogP contribution in [0, 0.1) is 0 Å². The van der Waals surface area contributed by atoms with Gasteiger partial charge in [-0.05, 0) is 19.1 Å². The molecule has 2 aromatic carbocycles. The molecule has 2 aromatic rings. The quantitative estimate of drug-likeness (QED) is 0.577. The van der Waals surface area contributed by atoms with Gasteiger partial charge in [-0.2, -0.15) is 0 Å². The van der Waals surface area contributed by atoms with Gasteiger partial charge in [0.1, 0.15) is 0 Å². The van der Waals surface area contributed by atoms with E-state index >= 15 is 0 Å². The number of amides is 3. The van der Waals surface area contributed by atoms with Gasteiger partial charge in [0.05, 0.1) is 5.75 Å². The molecule has 0 bridgehead atoms. The maximum Gasteiger partial charge on any atom is 0.321 e. The predicted octanol–water partition coefficient (Wildman–Crippen LogP) is 2.91. The van der Waals surface area contributed by atoms with Crippen LogP contribution in [0.3, 0.4) is 0 Å². The number of nitrogens with one attached hydrogen (secondary N) is 2. The van der Waals surface area contributed by atoms with Gasteiger partial charge in [-0.1, -0.05) is 48.5 Å². The van der Waals surface area contributed by atoms with Crippen molar-refractivity contribution in [2.45, 2.75) is 17.9 Å². The van der Waals surface area contributed by atoms with Crippen LogP contribution in [0.4, 0.5) is 4.79 Å². The van der Waals surface area contributed by atoms with Gasteiger partial charge in [-0.3, -0.25) is 14.9 Å². The van der Waals surface area contributed by atoms with Crippen molar-refractivity contribution in [1.82, 2.24) is 10.6 Å². The highest BCUT2D eigenvalue weighted by Crippen LogP contribution is 2.21. The fourth-order valence-corrected chi connectivity index (χ4v) is 2.81. The SMILES string of the molecule is CCNC(=O)NC(=O)[C@H](OC(=O)CSc1ccccc1)c1ccccc1. The zero-order chi connectivity index (χ0) is 18.8. The number of esters is 1. The minimum atomic E-state index is -1.19. The third-order valence-corrected chi connectivity index (χ3v) is 4.25. The van der Waals surface area contributed by atoms with Crippen molar-refractivity contribution in [3.05, 3.63) is 66.2 Å². The van der Waals surface area contributed by atoms with E-state index in [0.717, 1.165) is 4.90 Å². The van der Waals surface area contributed by atoms with Crippen molar-refractivity contribution in [2.24, 2.45) is 0 Å². The standard InChI is InChI=1S/C19H20N2O4S/c1-2-20-19(24)21-18(23)17(14-9-5-3-6-10-14)25-16(22)13-26-15-11-7-4-8-12-15/h3-12,17H,2,13H2,1H3,(H2,20,21,23,24)/t17-/m1/s1. The summed E-state index contributed by atoms with van der Waals surface area (Å²) in [4.78, 5) is 37.1. The van der Waals surface area contributed by atoms with Crippen LogP contribution in [0.2, 0.25) is 0 Å². The van der Waals surface area contributed by atoms with E-state index in [-0.39, 0.29) is 5.75 Å². The Morgan fingerprint density at radius 3 is 2.23 bits per heavy atom. The number of benzene rings is 2. The van der Waals surface area contributed by atoms with Crippen molar-refractivity contribution >= 4 is 29.7 Å². The Kier molecular flexibility index (Phi) is 7.70. The van der Waals surface area contributed by atoms with E-state index in [1.807, 2.05) is 30.3 Å². The molecule has 0 aliphatic heterocycles. The van der Waals surface area contributed by atoms with Crippen LogP contribution in [0.1, 0.15) is 18.6 Å². The van der Waals surface area contributed by atoms with Gasteiger partial charge >= 0.3 is 12.0 Å². The fourth-order valence-electron chi connectivity index (χ4n) is 2.11. The Morgan fingerprint density at radius 2 is 1.62 bits per heavy atom. The molecule has 0 unspecified atom stereocenters. The van der Waals surface area contributed by atoms with E-state index in [1.165, 1.54) is 11.8 Å². The molecule has 0 spiro atoms. The molecule has 7 heteroatoms. The number of hydrogen-bond donors (Lipinski definition) is 2. The molecule has 6 nitrogen and oxygen atoms in total. The van der Waals surface area contributed by atoms with Crippen LogP contribution in [0.5, 0.6) is 0 Å². The lowest BCUT2D eigenvalue weighted by Gasteiger charge is -2.17. The van der Waals surface area contributed by atoms with Crippen LogP contribution in [-0.4, -0.2) is 30.2 Å². The van der Waals surface area contributed by atoms with E-state index in [2.05, 4.69) is 10.6 Å². The molecule has 0 saturated carbocycles. The van der Waals surface area contributed by atoms with Gasteiger partial charge < -0.3 is 10.1 Å². The molecule has 2 rings (SSSR count). The van der Waals surface area contributed by atoms with Crippen molar-refractivity contribution in [3.63, 3.8) is 0 Å². The molecule has 2 N–H and O–H groups in total. The second-order valence-electron chi connectivity index (χ2n) is 5.23. The van der Waals surface area contributed by atoms with Crippen molar-refractivity contribution in [2.75, 3.05) is 12.3 Å². The molecule has 0 heterocycles. The summed E-state index contributed by atoms with van der Waals surface area (Å²) < 4.78 is 5.35. The first-order valence-electron chi connectivity index (χ1n) is 8.11. The maximum absolute atomic E-state index is 12.4. The Labute approximate surface area is 156 Å². The van der Waals surface area contributed by atoms with Crippen molar-refractivity contribution in [3.8, 4) is 0 Å².